The number of amides is 2. The van der Waals surface area contributed by atoms with Crippen molar-refractivity contribution in [2.45, 2.75) is 11.4 Å². The molecule has 0 saturated heterocycles. The van der Waals surface area contributed by atoms with E-state index >= 15 is 0 Å². The normalized spacial score (nSPS) is 15.9. The minimum absolute atomic E-state index is 0.0280. The summed E-state index contributed by atoms with van der Waals surface area (Å²) in [6, 6.07) is 15.6. The smallest absolute Gasteiger partial charge is 0.291 e. The molecular weight excluding hydrogens is 464 g/mol. The van der Waals surface area contributed by atoms with Gasteiger partial charge in [0.2, 0.25) is 0 Å². The molecule has 2 N–H and O–H groups in total. The van der Waals surface area contributed by atoms with Gasteiger partial charge in [-0.15, -0.1) is 4.40 Å². The van der Waals surface area contributed by atoms with Crippen LogP contribution in [0.15, 0.2) is 74.6 Å². The molecule has 2 aromatic carbocycles. The van der Waals surface area contributed by atoms with Crippen LogP contribution in [0.3, 0.4) is 0 Å². The van der Waals surface area contributed by atoms with Crippen LogP contribution in [0.2, 0.25) is 0 Å². The Morgan fingerprint density at radius 3 is 2.79 bits per heavy atom. The van der Waals surface area contributed by atoms with E-state index in [4.69, 9.17) is 4.42 Å². The lowest BCUT2D eigenvalue weighted by Gasteiger charge is -2.22. The van der Waals surface area contributed by atoms with Crippen LogP contribution in [-0.2, 0) is 16.6 Å². The van der Waals surface area contributed by atoms with Crippen LogP contribution in [-0.4, -0.2) is 37.7 Å². The van der Waals surface area contributed by atoms with Crippen molar-refractivity contribution in [3.8, 4) is 0 Å². The van der Waals surface area contributed by atoms with Crippen molar-refractivity contribution < 1.29 is 22.4 Å². The lowest BCUT2D eigenvalue weighted by Crippen LogP contribution is -2.35. The highest BCUT2D eigenvalue weighted by Gasteiger charge is 2.33. The van der Waals surface area contributed by atoms with Crippen molar-refractivity contribution in [3.05, 3.63) is 77.7 Å². The number of carbonyl (C=O) groups is 2. The molecule has 11 heteroatoms. The molecule has 33 heavy (non-hydrogen) atoms. The van der Waals surface area contributed by atoms with Crippen molar-refractivity contribution in [2.75, 3.05) is 22.5 Å². The number of sulfonamides is 1. The molecule has 0 bridgehead atoms. The first-order valence-corrected chi connectivity index (χ1v) is 12.4. The minimum Gasteiger partial charge on any atom is -0.459 e. The standard InChI is InChI=1S/C22H18N4O5S2/c27-20(15-6-7-17-19(12-15)32-22-25-33(29,30)10-8-26(17)22)23-13-14-3-1-4-16(11-14)24-21(28)18-5-2-9-31-18/h1-7,9,11-12H,8,10,13H2,(H,23,27)(H,24,28). The number of hydrogen-bond acceptors (Lipinski definition) is 7. The maximum Gasteiger partial charge on any atom is 0.291 e. The summed E-state index contributed by atoms with van der Waals surface area (Å²) in [5.74, 6) is -0.434. The van der Waals surface area contributed by atoms with Crippen LogP contribution in [0.1, 0.15) is 26.5 Å². The third kappa shape index (κ3) is 4.50. The third-order valence-electron chi connectivity index (χ3n) is 5.12. The van der Waals surface area contributed by atoms with E-state index in [-0.39, 0.29) is 29.9 Å². The summed E-state index contributed by atoms with van der Waals surface area (Å²) < 4.78 is 32.4. The lowest BCUT2D eigenvalue weighted by molar-refractivity contribution is 0.0949. The second-order valence-corrected chi connectivity index (χ2v) is 10.2. The van der Waals surface area contributed by atoms with E-state index in [0.717, 1.165) is 16.1 Å². The van der Waals surface area contributed by atoms with Crippen LogP contribution < -0.4 is 15.5 Å². The first-order valence-electron chi connectivity index (χ1n) is 10.0. The Balaban J connectivity index is 1.24. The molecule has 0 radical (unpaired) electrons. The maximum absolute atomic E-state index is 12.7. The number of hydrogen-bond donors (Lipinski definition) is 2. The Kier molecular flexibility index (Phi) is 5.43. The fraction of sp³-hybridized carbons (Fsp3) is 0.136. The van der Waals surface area contributed by atoms with Gasteiger partial charge in [-0.05, 0) is 59.8 Å². The van der Waals surface area contributed by atoms with Crippen molar-refractivity contribution in [1.82, 2.24) is 5.32 Å². The zero-order chi connectivity index (χ0) is 23.0. The molecule has 0 fully saturated rings. The van der Waals surface area contributed by atoms with Crippen LogP contribution >= 0.6 is 11.8 Å². The number of thioether (sulfide) groups is 1. The monoisotopic (exact) mass is 482 g/mol. The average molecular weight is 483 g/mol. The molecule has 0 spiro atoms. The topological polar surface area (TPSA) is 121 Å². The van der Waals surface area contributed by atoms with E-state index in [1.54, 1.807) is 42.5 Å². The molecule has 2 amide bonds. The minimum atomic E-state index is -3.43. The lowest BCUT2D eigenvalue weighted by atomic mass is 10.1. The molecule has 5 rings (SSSR count). The van der Waals surface area contributed by atoms with Gasteiger partial charge in [0.25, 0.3) is 21.8 Å². The number of rotatable bonds is 5. The number of benzene rings is 2. The molecule has 9 nitrogen and oxygen atoms in total. The van der Waals surface area contributed by atoms with Crippen molar-refractivity contribution >= 4 is 50.1 Å². The second kappa shape index (κ2) is 8.41. The summed E-state index contributed by atoms with van der Waals surface area (Å²) >= 11 is 1.24. The summed E-state index contributed by atoms with van der Waals surface area (Å²) in [6.07, 6.45) is 1.43. The fourth-order valence-corrected chi connectivity index (χ4v) is 5.81. The largest absolute Gasteiger partial charge is 0.459 e. The molecule has 1 aromatic heterocycles. The van der Waals surface area contributed by atoms with Gasteiger partial charge < -0.3 is 20.0 Å². The van der Waals surface area contributed by atoms with Crippen LogP contribution in [0.5, 0.6) is 0 Å². The summed E-state index contributed by atoms with van der Waals surface area (Å²) in [5, 5.41) is 6.05. The summed E-state index contributed by atoms with van der Waals surface area (Å²) in [6.45, 7) is 0.615. The molecule has 3 heterocycles. The second-order valence-electron chi connectivity index (χ2n) is 7.41. The highest BCUT2D eigenvalue weighted by Crippen LogP contribution is 2.42. The first kappa shape index (κ1) is 21.3. The van der Waals surface area contributed by atoms with E-state index in [9.17, 15) is 18.0 Å². The third-order valence-corrected chi connectivity index (χ3v) is 7.42. The molecule has 0 aliphatic carbocycles. The number of fused-ring (bicyclic) bond motifs is 3. The molecule has 2 aliphatic rings. The van der Waals surface area contributed by atoms with Gasteiger partial charge in [-0.1, -0.05) is 12.1 Å². The summed E-state index contributed by atoms with van der Waals surface area (Å²) in [7, 11) is -3.43. The molecule has 0 atom stereocenters. The van der Waals surface area contributed by atoms with Gasteiger partial charge in [0.1, 0.15) is 0 Å². The number of nitrogens with one attached hydrogen (secondary N) is 2. The van der Waals surface area contributed by atoms with E-state index in [2.05, 4.69) is 15.0 Å². The van der Waals surface area contributed by atoms with Crippen LogP contribution in [0.4, 0.5) is 11.4 Å². The van der Waals surface area contributed by atoms with Crippen LogP contribution in [0.25, 0.3) is 0 Å². The Labute approximate surface area is 193 Å². The van der Waals surface area contributed by atoms with E-state index in [1.165, 1.54) is 18.0 Å². The number of amidine groups is 1. The number of nitrogens with zero attached hydrogens (tertiary/aromatic N) is 2. The molecular formula is C22H18N4O5S2. The predicted molar refractivity (Wildman–Crippen MR) is 125 cm³/mol. The van der Waals surface area contributed by atoms with Gasteiger partial charge in [-0.3, -0.25) is 9.59 Å². The Hall–Kier alpha value is -3.57. The fourth-order valence-electron chi connectivity index (χ4n) is 3.52. The molecule has 0 unspecified atom stereocenters. The highest BCUT2D eigenvalue weighted by molar-refractivity contribution is 8.15. The molecule has 3 aromatic rings. The van der Waals surface area contributed by atoms with Gasteiger partial charge >= 0.3 is 0 Å². The van der Waals surface area contributed by atoms with Crippen LogP contribution in [0, 0.1) is 0 Å². The number of carbonyl (C=O) groups excluding carboxylic acids is 2. The Bertz CT molecular complexity index is 1380. The number of anilines is 2. The zero-order valence-electron chi connectivity index (χ0n) is 17.1. The molecule has 168 valence electrons. The Morgan fingerprint density at radius 1 is 1.09 bits per heavy atom. The Morgan fingerprint density at radius 2 is 1.97 bits per heavy atom. The average Bonchev–Trinajstić information content (AvgIpc) is 3.44. The van der Waals surface area contributed by atoms with Gasteiger partial charge in [-0.25, -0.2) is 8.42 Å². The van der Waals surface area contributed by atoms with Gasteiger partial charge in [0.05, 0.1) is 17.7 Å². The van der Waals surface area contributed by atoms with Crippen molar-refractivity contribution in [2.24, 2.45) is 4.40 Å². The van der Waals surface area contributed by atoms with Crippen molar-refractivity contribution in [3.63, 3.8) is 0 Å². The van der Waals surface area contributed by atoms with Gasteiger partial charge in [0, 0.05) is 29.2 Å². The molecule has 0 saturated carbocycles. The quantitative estimate of drug-likeness (QED) is 0.573. The number of furan rings is 1. The summed E-state index contributed by atoms with van der Waals surface area (Å²) in [5.41, 5.74) is 2.72. The van der Waals surface area contributed by atoms with Crippen molar-refractivity contribution in [1.29, 1.82) is 0 Å². The van der Waals surface area contributed by atoms with Gasteiger partial charge in [-0.2, -0.15) is 0 Å². The van der Waals surface area contributed by atoms with Gasteiger partial charge in [0.15, 0.2) is 10.9 Å². The van der Waals surface area contributed by atoms with E-state index in [0.29, 0.717) is 23.0 Å². The zero-order valence-corrected chi connectivity index (χ0v) is 18.8. The van der Waals surface area contributed by atoms with E-state index in [1.807, 2.05) is 17.0 Å². The highest BCUT2D eigenvalue weighted by atomic mass is 32.2. The van der Waals surface area contributed by atoms with E-state index < -0.39 is 10.0 Å². The SMILES string of the molecule is O=C(NCc1cccc(NC(=O)c2ccco2)c1)c1ccc2c(c1)SC1=NS(=O)(=O)CCN12. The maximum atomic E-state index is 12.7. The summed E-state index contributed by atoms with van der Waals surface area (Å²) in [4.78, 5) is 27.5. The first-order chi connectivity index (χ1) is 15.9. The predicted octanol–water partition coefficient (Wildman–Crippen LogP) is 3.07. The molecule has 2 aliphatic heterocycles.